The first-order valence-corrected chi connectivity index (χ1v) is 5.92. The Bertz CT molecular complexity index is 615. The van der Waals surface area contributed by atoms with E-state index in [1.165, 1.54) is 18.2 Å². The Morgan fingerprint density at radius 1 is 1.31 bits per heavy atom. The summed E-state index contributed by atoms with van der Waals surface area (Å²) in [5, 5.41) is 3.76. The van der Waals surface area contributed by atoms with Crippen LogP contribution in [0.4, 0.5) is 0 Å². The second kappa shape index (κ2) is 3.73. The summed E-state index contributed by atoms with van der Waals surface area (Å²) in [6.07, 6.45) is 0. The number of aromatic nitrogens is 1. The lowest BCUT2D eigenvalue weighted by atomic mass is 10.1. The summed E-state index contributed by atoms with van der Waals surface area (Å²) in [6.45, 7) is 1.74. The van der Waals surface area contributed by atoms with E-state index in [-0.39, 0.29) is 4.90 Å². The SMILES string of the molecule is Cc1cc(-c2cccc(S(=O)(=O)O)c2)no1. The standard InChI is InChI=1S/C10H9NO4S/c1-7-5-10(11-15-7)8-3-2-4-9(6-8)16(12,13)14/h2-6H,1H3,(H,12,13,14). The van der Waals surface area contributed by atoms with E-state index in [4.69, 9.17) is 9.08 Å². The number of nitrogens with zero attached hydrogens (tertiary/aromatic N) is 1. The Balaban J connectivity index is 2.52. The van der Waals surface area contributed by atoms with Crippen LogP contribution in [0.2, 0.25) is 0 Å². The predicted molar refractivity (Wildman–Crippen MR) is 56.5 cm³/mol. The van der Waals surface area contributed by atoms with Gasteiger partial charge in [-0.25, -0.2) is 0 Å². The minimum Gasteiger partial charge on any atom is -0.361 e. The molecule has 0 aliphatic carbocycles. The van der Waals surface area contributed by atoms with Crippen molar-refractivity contribution in [3.8, 4) is 11.3 Å². The molecular formula is C10H9NO4S. The van der Waals surface area contributed by atoms with Gasteiger partial charge in [0.25, 0.3) is 10.1 Å². The summed E-state index contributed by atoms with van der Waals surface area (Å²) < 4.78 is 35.6. The van der Waals surface area contributed by atoms with Gasteiger partial charge in [-0.1, -0.05) is 17.3 Å². The monoisotopic (exact) mass is 239 g/mol. The highest BCUT2D eigenvalue weighted by molar-refractivity contribution is 7.85. The van der Waals surface area contributed by atoms with Gasteiger partial charge in [-0.2, -0.15) is 8.42 Å². The van der Waals surface area contributed by atoms with Gasteiger partial charge in [0.1, 0.15) is 11.5 Å². The van der Waals surface area contributed by atoms with Crippen LogP contribution in [0, 0.1) is 6.92 Å². The van der Waals surface area contributed by atoms with Crippen molar-refractivity contribution in [2.24, 2.45) is 0 Å². The van der Waals surface area contributed by atoms with Gasteiger partial charge in [0.15, 0.2) is 0 Å². The Kier molecular flexibility index (Phi) is 2.53. The Morgan fingerprint density at radius 3 is 2.62 bits per heavy atom. The summed E-state index contributed by atoms with van der Waals surface area (Å²) in [7, 11) is -4.18. The maximum Gasteiger partial charge on any atom is 0.294 e. The minimum atomic E-state index is -4.18. The van der Waals surface area contributed by atoms with Gasteiger partial charge in [-0.15, -0.1) is 0 Å². The van der Waals surface area contributed by atoms with Gasteiger partial charge >= 0.3 is 0 Å². The lowest BCUT2D eigenvalue weighted by Gasteiger charge is -1.99. The average Bonchev–Trinajstić information content (AvgIpc) is 2.64. The van der Waals surface area contributed by atoms with Crippen molar-refractivity contribution in [1.82, 2.24) is 5.16 Å². The first-order valence-electron chi connectivity index (χ1n) is 4.48. The third-order valence-electron chi connectivity index (χ3n) is 2.06. The summed E-state index contributed by atoms with van der Waals surface area (Å²) in [5.41, 5.74) is 1.11. The van der Waals surface area contributed by atoms with Crippen molar-refractivity contribution in [1.29, 1.82) is 0 Å². The molecule has 0 amide bonds. The highest BCUT2D eigenvalue weighted by Gasteiger charge is 2.11. The molecule has 5 nitrogen and oxygen atoms in total. The first-order chi connectivity index (χ1) is 7.47. The molecule has 0 spiro atoms. The van der Waals surface area contributed by atoms with E-state index in [0.717, 1.165) is 0 Å². The fourth-order valence-electron chi connectivity index (χ4n) is 1.32. The van der Waals surface area contributed by atoms with E-state index in [0.29, 0.717) is 17.0 Å². The van der Waals surface area contributed by atoms with E-state index >= 15 is 0 Å². The van der Waals surface area contributed by atoms with Crippen LogP contribution in [0.25, 0.3) is 11.3 Å². The van der Waals surface area contributed by atoms with Gasteiger partial charge < -0.3 is 4.52 Å². The quantitative estimate of drug-likeness (QED) is 0.809. The number of benzene rings is 1. The summed E-state index contributed by atoms with van der Waals surface area (Å²) >= 11 is 0. The van der Waals surface area contributed by atoms with Crippen LogP contribution in [-0.2, 0) is 10.1 Å². The molecule has 0 saturated carbocycles. The second-order valence-corrected chi connectivity index (χ2v) is 4.75. The van der Waals surface area contributed by atoms with Crippen molar-refractivity contribution in [3.63, 3.8) is 0 Å². The van der Waals surface area contributed by atoms with E-state index < -0.39 is 10.1 Å². The van der Waals surface area contributed by atoms with Crippen molar-refractivity contribution in [2.45, 2.75) is 11.8 Å². The molecule has 16 heavy (non-hydrogen) atoms. The molecule has 1 aromatic heterocycles. The van der Waals surface area contributed by atoms with E-state index in [1.807, 2.05) is 0 Å². The van der Waals surface area contributed by atoms with Gasteiger partial charge in [-0.05, 0) is 19.1 Å². The van der Waals surface area contributed by atoms with Gasteiger partial charge in [0.05, 0.1) is 4.90 Å². The van der Waals surface area contributed by atoms with Crippen LogP contribution in [-0.4, -0.2) is 18.1 Å². The zero-order chi connectivity index (χ0) is 11.8. The molecule has 2 rings (SSSR count). The molecule has 1 N–H and O–H groups in total. The third kappa shape index (κ3) is 2.12. The molecule has 2 aromatic rings. The molecule has 84 valence electrons. The van der Waals surface area contributed by atoms with E-state index in [1.54, 1.807) is 19.1 Å². The molecule has 0 aliphatic heterocycles. The Hall–Kier alpha value is -1.66. The fraction of sp³-hybridized carbons (Fsp3) is 0.100. The third-order valence-corrected chi connectivity index (χ3v) is 2.91. The molecule has 0 bridgehead atoms. The molecule has 0 unspecified atom stereocenters. The molecule has 6 heteroatoms. The van der Waals surface area contributed by atoms with Crippen molar-refractivity contribution in [3.05, 3.63) is 36.1 Å². The molecule has 1 aromatic carbocycles. The molecule has 1 heterocycles. The van der Waals surface area contributed by atoms with Crippen LogP contribution in [0.1, 0.15) is 5.76 Å². The van der Waals surface area contributed by atoms with Crippen LogP contribution in [0.15, 0.2) is 39.8 Å². The molecule has 0 saturated heterocycles. The first kappa shape index (κ1) is 10.8. The van der Waals surface area contributed by atoms with Crippen molar-refractivity contribution in [2.75, 3.05) is 0 Å². The van der Waals surface area contributed by atoms with Crippen molar-refractivity contribution < 1.29 is 17.5 Å². The van der Waals surface area contributed by atoms with Crippen LogP contribution < -0.4 is 0 Å². The predicted octanol–water partition coefficient (Wildman–Crippen LogP) is 1.90. The highest BCUT2D eigenvalue weighted by Crippen LogP contribution is 2.21. The van der Waals surface area contributed by atoms with E-state index in [2.05, 4.69) is 5.16 Å². The Labute approximate surface area is 92.4 Å². The van der Waals surface area contributed by atoms with Gasteiger partial charge in [0.2, 0.25) is 0 Å². The molecule has 0 aliphatic rings. The molecule has 0 atom stereocenters. The Morgan fingerprint density at radius 2 is 2.06 bits per heavy atom. The number of hydrogen-bond donors (Lipinski definition) is 1. The summed E-state index contributed by atoms with van der Waals surface area (Å²) in [4.78, 5) is -0.161. The fourth-order valence-corrected chi connectivity index (χ4v) is 1.84. The number of rotatable bonds is 2. The lowest BCUT2D eigenvalue weighted by molar-refractivity contribution is 0.399. The van der Waals surface area contributed by atoms with E-state index in [9.17, 15) is 8.42 Å². The maximum absolute atomic E-state index is 10.9. The lowest BCUT2D eigenvalue weighted by Crippen LogP contribution is -1.97. The summed E-state index contributed by atoms with van der Waals surface area (Å²) in [6, 6.07) is 7.55. The largest absolute Gasteiger partial charge is 0.361 e. The van der Waals surface area contributed by atoms with Crippen molar-refractivity contribution >= 4 is 10.1 Å². The minimum absolute atomic E-state index is 0.161. The van der Waals surface area contributed by atoms with Crippen LogP contribution >= 0.6 is 0 Å². The number of hydrogen-bond acceptors (Lipinski definition) is 4. The molecular weight excluding hydrogens is 230 g/mol. The van der Waals surface area contributed by atoms with Crippen LogP contribution in [0.5, 0.6) is 0 Å². The van der Waals surface area contributed by atoms with Gasteiger partial charge in [-0.3, -0.25) is 4.55 Å². The molecule has 0 fully saturated rings. The smallest absolute Gasteiger partial charge is 0.294 e. The maximum atomic E-state index is 10.9. The highest BCUT2D eigenvalue weighted by atomic mass is 32.2. The van der Waals surface area contributed by atoms with Crippen LogP contribution in [0.3, 0.4) is 0 Å². The zero-order valence-electron chi connectivity index (χ0n) is 8.41. The number of aryl methyl sites for hydroxylation is 1. The second-order valence-electron chi connectivity index (χ2n) is 3.33. The van der Waals surface area contributed by atoms with Gasteiger partial charge in [0, 0.05) is 11.6 Å². The zero-order valence-corrected chi connectivity index (χ0v) is 9.23. The molecule has 0 radical (unpaired) electrons. The normalized spacial score (nSPS) is 11.6. The topological polar surface area (TPSA) is 80.4 Å². The summed E-state index contributed by atoms with van der Waals surface area (Å²) in [5.74, 6) is 0.632. The average molecular weight is 239 g/mol.